The molecule has 0 aliphatic rings. The van der Waals surface area contributed by atoms with Crippen LogP contribution >= 0.6 is 27.3 Å². The number of nitrogens with zero attached hydrogens (tertiary/aromatic N) is 1. The number of halogens is 1. The monoisotopic (exact) mass is 360 g/mol. The Morgan fingerprint density at radius 3 is 2.71 bits per heavy atom. The predicted octanol–water partition coefficient (Wildman–Crippen LogP) is 4.93. The number of nitrogens with one attached hydrogen (secondary N) is 1. The predicted molar refractivity (Wildman–Crippen MR) is 91.2 cm³/mol. The number of fused-ring (bicyclic) bond motifs is 1. The van der Waals surface area contributed by atoms with Gasteiger partial charge in [-0.25, -0.2) is 4.98 Å². The molecule has 1 heterocycles. The van der Waals surface area contributed by atoms with Gasteiger partial charge in [-0.05, 0) is 55.3 Å². The van der Waals surface area contributed by atoms with Gasteiger partial charge < -0.3 is 0 Å². The summed E-state index contributed by atoms with van der Waals surface area (Å²) in [4.78, 5) is 16.7. The number of aromatic nitrogens is 1. The van der Waals surface area contributed by atoms with E-state index in [1.807, 2.05) is 50.2 Å². The fourth-order valence-electron chi connectivity index (χ4n) is 2.01. The number of carbonyl (C=O) groups is 1. The zero-order chi connectivity index (χ0) is 15.0. The molecule has 0 saturated heterocycles. The van der Waals surface area contributed by atoms with Crippen molar-refractivity contribution in [3.8, 4) is 0 Å². The van der Waals surface area contributed by atoms with E-state index in [2.05, 4.69) is 26.2 Å². The van der Waals surface area contributed by atoms with E-state index in [-0.39, 0.29) is 5.91 Å². The standard InChI is InChI=1S/C16H13BrN2OS/c1-9-3-4-11(7-10(9)2)15(20)19-16-18-13-8-12(17)5-6-14(13)21-16/h3-8H,1-2H3,(H,18,19,20). The molecule has 2 aromatic carbocycles. The Hall–Kier alpha value is -1.72. The number of benzene rings is 2. The van der Waals surface area contributed by atoms with Crippen LogP contribution in [0, 0.1) is 13.8 Å². The Morgan fingerprint density at radius 1 is 1.14 bits per heavy atom. The van der Waals surface area contributed by atoms with E-state index < -0.39 is 0 Å². The van der Waals surface area contributed by atoms with Crippen LogP contribution in [0.5, 0.6) is 0 Å². The fraction of sp³-hybridized carbons (Fsp3) is 0.125. The molecule has 106 valence electrons. The third-order valence-electron chi connectivity index (χ3n) is 3.34. The van der Waals surface area contributed by atoms with E-state index in [1.165, 1.54) is 16.9 Å². The molecule has 3 nitrogen and oxygen atoms in total. The molecule has 0 aliphatic heterocycles. The first-order chi connectivity index (χ1) is 10.0. The molecule has 0 unspecified atom stereocenters. The van der Waals surface area contributed by atoms with Crippen LogP contribution in [-0.4, -0.2) is 10.9 Å². The molecule has 1 aromatic heterocycles. The van der Waals surface area contributed by atoms with Gasteiger partial charge in [0.05, 0.1) is 10.2 Å². The van der Waals surface area contributed by atoms with E-state index in [1.54, 1.807) is 0 Å². The van der Waals surface area contributed by atoms with Crippen LogP contribution in [0.3, 0.4) is 0 Å². The van der Waals surface area contributed by atoms with E-state index in [4.69, 9.17) is 0 Å². The Labute approximate surface area is 135 Å². The summed E-state index contributed by atoms with van der Waals surface area (Å²) in [6.45, 7) is 4.03. The van der Waals surface area contributed by atoms with Gasteiger partial charge in [-0.15, -0.1) is 0 Å². The van der Waals surface area contributed by atoms with Crippen LogP contribution in [0.25, 0.3) is 10.2 Å². The van der Waals surface area contributed by atoms with Gasteiger partial charge in [0.25, 0.3) is 5.91 Å². The van der Waals surface area contributed by atoms with Crippen LogP contribution in [0.15, 0.2) is 40.9 Å². The van der Waals surface area contributed by atoms with Gasteiger partial charge in [-0.3, -0.25) is 10.1 Å². The van der Waals surface area contributed by atoms with Gasteiger partial charge in [0.2, 0.25) is 0 Å². The van der Waals surface area contributed by atoms with E-state index in [0.717, 1.165) is 20.3 Å². The number of hydrogen-bond acceptors (Lipinski definition) is 3. The summed E-state index contributed by atoms with van der Waals surface area (Å²) in [5, 5.41) is 3.48. The summed E-state index contributed by atoms with van der Waals surface area (Å²) >= 11 is 4.89. The summed E-state index contributed by atoms with van der Waals surface area (Å²) in [6, 6.07) is 11.6. The third-order valence-corrected chi connectivity index (χ3v) is 4.78. The lowest BCUT2D eigenvalue weighted by atomic mass is 10.1. The highest BCUT2D eigenvalue weighted by molar-refractivity contribution is 9.10. The van der Waals surface area contributed by atoms with Gasteiger partial charge in [0.1, 0.15) is 0 Å². The minimum Gasteiger partial charge on any atom is -0.298 e. The van der Waals surface area contributed by atoms with Crippen molar-refractivity contribution in [1.29, 1.82) is 0 Å². The number of hydrogen-bond donors (Lipinski definition) is 1. The van der Waals surface area contributed by atoms with Gasteiger partial charge in [0, 0.05) is 10.0 Å². The lowest BCUT2D eigenvalue weighted by Crippen LogP contribution is -2.11. The first-order valence-corrected chi connectivity index (χ1v) is 8.08. The molecule has 0 spiro atoms. The highest BCUT2D eigenvalue weighted by Gasteiger charge is 2.10. The Balaban J connectivity index is 1.87. The van der Waals surface area contributed by atoms with Gasteiger partial charge in [-0.1, -0.05) is 33.3 Å². The van der Waals surface area contributed by atoms with Gasteiger partial charge in [-0.2, -0.15) is 0 Å². The maximum Gasteiger partial charge on any atom is 0.257 e. The molecular formula is C16H13BrN2OS. The third kappa shape index (κ3) is 2.99. The highest BCUT2D eigenvalue weighted by Crippen LogP contribution is 2.28. The normalized spacial score (nSPS) is 10.8. The second kappa shape index (κ2) is 5.58. The summed E-state index contributed by atoms with van der Waals surface area (Å²) in [6.07, 6.45) is 0. The summed E-state index contributed by atoms with van der Waals surface area (Å²) in [5.74, 6) is -0.128. The number of rotatable bonds is 2. The molecule has 5 heteroatoms. The molecular weight excluding hydrogens is 348 g/mol. The van der Waals surface area contributed by atoms with Crippen molar-refractivity contribution in [1.82, 2.24) is 4.98 Å². The zero-order valence-electron chi connectivity index (χ0n) is 11.6. The van der Waals surface area contributed by atoms with Crippen LogP contribution in [0.4, 0.5) is 5.13 Å². The molecule has 3 aromatic rings. The lowest BCUT2D eigenvalue weighted by molar-refractivity contribution is 0.102. The van der Waals surface area contributed by atoms with Gasteiger partial charge >= 0.3 is 0 Å². The molecule has 0 atom stereocenters. The molecule has 0 radical (unpaired) electrons. The number of aryl methyl sites for hydroxylation is 2. The van der Waals surface area contributed by atoms with Crippen LogP contribution in [0.2, 0.25) is 0 Å². The van der Waals surface area contributed by atoms with Crippen molar-refractivity contribution in [3.05, 3.63) is 57.6 Å². The zero-order valence-corrected chi connectivity index (χ0v) is 14.0. The summed E-state index contributed by atoms with van der Waals surface area (Å²) in [5.41, 5.74) is 3.82. The first kappa shape index (κ1) is 14.2. The molecule has 0 fully saturated rings. The second-order valence-electron chi connectivity index (χ2n) is 4.88. The number of amides is 1. The van der Waals surface area contributed by atoms with Crippen molar-refractivity contribution < 1.29 is 4.79 Å². The minimum absolute atomic E-state index is 0.128. The van der Waals surface area contributed by atoms with Crippen molar-refractivity contribution in [2.75, 3.05) is 5.32 Å². The average Bonchev–Trinajstić information content (AvgIpc) is 2.83. The van der Waals surface area contributed by atoms with Crippen LogP contribution in [-0.2, 0) is 0 Å². The topological polar surface area (TPSA) is 42.0 Å². The molecule has 1 N–H and O–H groups in total. The Bertz CT molecular complexity index is 841. The Morgan fingerprint density at radius 2 is 1.95 bits per heavy atom. The van der Waals surface area contributed by atoms with E-state index >= 15 is 0 Å². The van der Waals surface area contributed by atoms with Crippen LogP contribution < -0.4 is 5.32 Å². The fourth-order valence-corrected chi connectivity index (χ4v) is 3.20. The second-order valence-corrected chi connectivity index (χ2v) is 6.83. The maximum atomic E-state index is 12.3. The summed E-state index contributed by atoms with van der Waals surface area (Å²) < 4.78 is 2.03. The SMILES string of the molecule is Cc1ccc(C(=O)Nc2nc3cc(Br)ccc3s2)cc1C. The van der Waals surface area contributed by atoms with Crippen molar-refractivity contribution in [3.63, 3.8) is 0 Å². The van der Waals surface area contributed by atoms with Gasteiger partial charge in [0.15, 0.2) is 5.13 Å². The smallest absolute Gasteiger partial charge is 0.257 e. The molecule has 0 aliphatic carbocycles. The number of anilines is 1. The number of thiazole rings is 1. The van der Waals surface area contributed by atoms with Crippen LogP contribution in [0.1, 0.15) is 21.5 Å². The minimum atomic E-state index is -0.128. The van der Waals surface area contributed by atoms with E-state index in [9.17, 15) is 4.79 Å². The van der Waals surface area contributed by atoms with Crippen molar-refractivity contribution >= 4 is 48.5 Å². The molecule has 0 bridgehead atoms. The maximum absolute atomic E-state index is 12.3. The first-order valence-electron chi connectivity index (χ1n) is 6.47. The lowest BCUT2D eigenvalue weighted by Gasteiger charge is -2.04. The molecule has 3 rings (SSSR count). The molecule has 0 saturated carbocycles. The highest BCUT2D eigenvalue weighted by atomic mass is 79.9. The Kier molecular flexibility index (Phi) is 3.78. The molecule has 21 heavy (non-hydrogen) atoms. The van der Waals surface area contributed by atoms with Crippen molar-refractivity contribution in [2.45, 2.75) is 13.8 Å². The molecule has 1 amide bonds. The van der Waals surface area contributed by atoms with Crippen molar-refractivity contribution in [2.24, 2.45) is 0 Å². The van der Waals surface area contributed by atoms with E-state index in [0.29, 0.717) is 10.7 Å². The number of carbonyl (C=O) groups excluding carboxylic acids is 1. The average molecular weight is 361 g/mol. The largest absolute Gasteiger partial charge is 0.298 e. The quantitative estimate of drug-likeness (QED) is 0.703. The summed E-state index contributed by atoms with van der Waals surface area (Å²) in [7, 11) is 0.